The Kier molecular flexibility index (Phi) is 5.21. The fourth-order valence-electron chi connectivity index (χ4n) is 10.2. The first kappa shape index (κ1) is 28.7. The van der Waals surface area contributed by atoms with Crippen LogP contribution in [0.4, 0.5) is 0 Å². The molecule has 0 spiro atoms. The highest BCUT2D eigenvalue weighted by Gasteiger charge is 2.41. The lowest BCUT2D eigenvalue weighted by Crippen LogP contribution is -2.59. The highest BCUT2D eigenvalue weighted by atomic mass is 15.1. The Labute approximate surface area is 302 Å². The second-order valence-electron chi connectivity index (χ2n) is 15.9. The Balaban J connectivity index is 1.34. The minimum Gasteiger partial charge on any atom is -0.310 e. The fraction of sp³-hybridized carbons (Fsp3) is 0.125. The maximum absolute atomic E-state index is 2.60. The number of aryl methyl sites for hydroxylation is 6. The van der Waals surface area contributed by atoms with Crippen molar-refractivity contribution in [2.24, 2.45) is 0 Å². The predicted octanol–water partition coefficient (Wildman–Crippen LogP) is 9.97. The van der Waals surface area contributed by atoms with Crippen LogP contribution in [0, 0.1) is 41.5 Å². The van der Waals surface area contributed by atoms with E-state index in [1.165, 1.54) is 132 Å². The molecule has 3 nitrogen and oxygen atoms in total. The first-order chi connectivity index (χ1) is 25.2. The van der Waals surface area contributed by atoms with Crippen LogP contribution in [-0.4, -0.2) is 20.4 Å². The van der Waals surface area contributed by atoms with E-state index in [4.69, 9.17) is 0 Å². The summed E-state index contributed by atoms with van der Waals surface area (Å²) >= 11 is 0. The van der Waals surface area contributed by atoms with Crippen molar-refractivity contribution in [2.45, 2.75) is 41.5 Å². The maximum Gasteiger partial charge on any atom is 0.252 e. The second-order valence-corrected chi connectivity index (χ2v) is 15.9. The van der Waals surface area contributed by atoms with Gasteiger partial charge in [0.2, 0.25) is 0 Å². The van der Waals surface area contributed by atoms with Crippen molar-refractivity contribution in [1.82, 2.24) is 13.7 Å². The topological polar surface area (TPSA) is 14.8 Å². The van der Waals surface area contributed by atoms with Crippen molar-refractivity contribution in [1.29, 1.82) is 0 Å². The lowest BCUT2D eigenvalue weighted by molar-refractivity contribution is 1.10. The molecule has 0 bridgehead atoms. The van der Waals surface area contributed by atoms with Crippen molar-refractivity contribution < 1.29 is 0 Å². The zero-order chi connectivity index (χ0) is 34.9. The van der Waals surface area contributed by atoms with Crippen LogP contribution in [0.1, 0.15) is 33.4 Å². The lowest BCUT2D eigenvalue weighted by atomic mass is 9.34. The highest BCUT2D eigenvalue weighted by molar-refractivity contribution is 7.00. The first-order valence-corrected chi connectivity index (χ1v) is 18.5. The van der Waals surface area contributed by atoms with E-state index < -0.39 is 0 Å². The summed E-state index contributed by atoms with van der Waals surface area (Å²) in [6.07, 6.45) is 0. The number of rotatable bonds is 1. The zero-order valence-electron chi connectivity index (χ0n) is 30.3. The third kappa shape index (κ3) is 3.43. The average molecular weight is 666 g/mol. The molecule has 0 aliphatic carbocycles. The Morgan fingerprint density at radius 3 is 1.10 bits per heavy atom. The van der Waals surface area contributed by atoms with Crippen LogP contribution in [0.3, 0.4) is 0 Å². The summed E-state index contributed by atoms with van der Waals surface area (Å²) in [5, 5.41) is 7.96. The molecule has 0 unspecified atom stereocenters. The number of aromatic nitrogens is 3. The third-order valence-corrected chi connectivity index (χ3v) is 12.2. The highest BCUT2D eigenvalue weighted by Crippen LogP contribution is 2.42. The van der Waals surface area contributed by atoms with Gasteiger partial charge in [0.15, 0.2) is 0 Å². The molecule has 7 aromatic carbocycles. The Hall–Kier alpha value is -6.00. The molecule has 4 heteroatoms. The van der Waals surface area contributed by atoms with E-state index in [9.17, 15) is 0 Å². The molecule has 0 saturated carbocycles. The van der Waals surface area contributed by atoms with Crippen LogP contribution in [0.5, 0.6) is 0 Å². The largest absolute Gasteiger partial charge is 0.310 e. The summed E-state index contributed by atoms with van der Waals surface area (Å²) in [5.41, 5.74) is 23.4. The summed E-state index contributed by atoms with van der Waals surface area (Å²) in [5.74, 6) is 0. The van der Waals surface area contributed by atoms with E-state index in [1.54, 1.807) is 0 Å². The van der Waals surface area contributed by atoms with Crippen LogP contribution < -0.4 is 16.4 Å². The van der Waals surface area contributed by atoms with E-state index in [-0.39, 0.29) is 6.71 Å². The van der Waals surface area contributed by atoms with Crippen molar-refractivity contribution in [3.8, 4) is 17.1 Å². The van der Waals surface area contributed by atoms with E-state index >= 15 is 0 Å². The third-order valence-electron chi connectivity index (χ3n) is 12.2. The molecule has 12 rings (SSSR count). The van der Waals surface area contributed by atoms with Crippen molar-refractivity contribution in [3.05, 3.63) is 143 Å². The Morgan fingerprint density at radius 2 is 0.692 bits per heavy atom. The summed E-state index contributed by atoms with van der Waals surface area (Å²) in [4.78, 5) is 0. The molecule has 5 heterocycles. The van der Waals surface area contributed by atoms with E-state index in [0.717, 1.165) is 0 Å². The van der Waals surface area contributed by atoms with Gasteiger partial charge in [-0.05, 0) is 131 Å². The van der Waals surface area contributed by atoms with Gasteiger partial charge in [0.05, 0.1) is 27.8 Å². The molecule has 2 aliphatic rings. The van der Waals surface area contributed by atoms with Crippen molar-refractivity contribution >= 4 is 88.5 Å². The maximum atomic E-state index is 2.60. The number of fused-ring (bicyclic) bond motifs is 13. The average Bonchev–Trinajstić information content (AvgIpc) is 3.73. The minimum atomic E-state index is 0.114. The normalized spacial score (nSPS) is 13.2. The summed E-state index contributed by atoms with van der Waals surface area (Å²) in [6.45, 7) is 13.5. The summed E-state index contributed by atoms with van der Waals surface area (Å²) in [7, 11) is 0. The number of nitrogens with zero attached hydrogens (tertiary/aromatic N) is 3. The number of benzene rings is 7. The monoisotopic (exact) mass is 665 g/mol. The van der Waals surface area contributed by atoms with Gasteiger partial charge in [-0.15, -0.1) is 0 Å². The van der Waals surface area contributed by atoms with Gasteiger partial charge in [-0.25, -0.2) is 0 Å². The number of hydrogen-bond acceptors (Lipinski definition) is 0. The van der Waals surface area contributed by atoms with E-state index in [1.807, 2.05) is 0 Å². The minimum absolute atomic E-state index is 0.114. The van der Waals surface area contributed by atoms with Gasteiger partial charge < -0.3 is 13.7 Å². The molecular formula is C48H36BN3. The SMILES string of the molecule is Cc1ccc2c(c1)c1cc(C)ccc1n2-c1cc2c3c(c1)-n1c4ccc(C)cc4c4cc(C)cc(c41)B3c1cc(C)cc3c4cc(C)ccc4n-2c13. The Bertz CT molecular complexity index is 3100. The molecule has 0 saturated heterocycles. The van der Waals surface area contributed by atoms with Gasteiger partial charge in [-0.2, -0.15) is 0 Å². The molecular weight excluding hydrogens is 629 g/mol. The molecule has 3 aromatic heterocycles. The van der Waals surface area contributed by atoms with E-state index in [2.05, 4.69) is 164 Å². The predicted molar refractivity (Wildman–Crippen MR) is 223 cm³/mol. The van der Waals surface area contributed by atoms with Gasteiger partial charge in [-0.3, -0.25) is 0 Å². The first-order valence-electron chi connectivity index (χ1n) is 18.5. The molecule has 0 radical (unpaired) electrons. The van der Waals surface area contributed by atoms with Gasteiger partial charge in [0, 0.05) is 54.7 Å². The number of hydrogen-bond donors (Lipinski definition) is 0. The van der Waals surface area contributed by atoms with Gasteiger partial charge >= 0.3 is 0 Å². The molecule has 0 amide bonds. The standard InChI is InChI=1S/C48H36BN3/c1-25-7-11-40-32(15-25)33-16-26(2)8-12-41(33)50(40)31-23-44-46-45(24-31)52-43-14-10-28(4)18-35(43)37-20-30(6)22-39(48(37)52)49(46)38-21-29(5)19-36-34-17-27(3)9-13-42(34)51(44)47(36)38/h7-24H,1-6H3. The summed E-state index contributed by atoms with van der Waals surface area (Å²) in [6, 6.07) is 42.7. The second kappa shape index (κ2) is 9.46. The van der Waals surface area contributed by atoms with Crippen LogP contribution in [0.2, 0.25) is 0 Å². The Morgan fingerprint density at radius 1 is 0.346 bits per heavy atom. The molecule has 0 atom stereocenters. The van der Waals surface area contributed by atoms with Gasteiger partial charge in [0.25, 0.3) is 6.71 Å². The van der Waals surface area contributed by atoms with Crippen molar-refractivity contribution in [3.63, 3.8) is 0 Å². The van der Waals surface area contributed by atoms with Crippen LogP contribution in [0.25, 0.3) is 82.5 Å². The molecule has 2 aliphatic heterocycles. The van der Waals surface area contributed by atoms with Crippen LogP contribution in [-0.2, 0) is 0 Å². The molecule has 0 fully saturated rings. The van der Waals surface area contributed by atoms with Crippen molar-refractivity contribution in [2.75, 3.05) is 0 Å². The van der Waals surface area contributed by atoms with Crippen LogP contribution in [0.15, 0.2) is 109 Å². The smallest absolute Gasteiger partial charge is 0.252 e. The molecule has 52 heavy (non-hydrogen) atoms. The van der Waals surface area contributed by atoms with Crippen LogP contribution >= 0.6 is 0 Å². The lowest BCUT2D eigenvalue weighted by Gasteiger charge is -2.34. The van der Waals surface area contributed by atoms with Gasteiger partial charge in [-0.1, -0.05) is 69.8 Å². The molecule has 246 valence electrons. The summed E-state index contributed by atoms with van der Waals surface area (Å²) < 4.78 is 7.73. The zero-order valence-corrected chi connectivity index (χ0v) is 30.3. The molecule has 0 N–H and O–H groups in total. The fourth-order valence-corrected chi connectivity index (χ4v) is 10.2. The quantitative estimate of drug-likeness (QED) is 0.155. The van der Waals surface area contributed by atoms with E-state index in [0.29, 0.717) is 0 Å². The molecule has 10 aromatic rings. The van der Waals surface area contributed by atoms with Gasteiger partial charge in [0.1, 0.15) is 0 Å².